The maximum Gasteiger partial charge on any atom is 0.345 e. The molecular formula is C18H27BrO4. The number of carbonyl (C=O) groups excluding carboxylic acids is 2. The third-order valence-corrected chi connectivity index (χ3v) is 6.35. The van der Waals surface area contributed by atoms with E-state index in [2.05, 4.69) is 36.7 Å². The van der Waals surface area contributed by atoms with E-state index in [1.165, 1.54) is 0 Å². The first-order valence-electron chi connectivity index (χ1n) is 8.45. The fraction of sp³-hybridized carbons (Fsp3) is 0.778. The van der Waals surface area contributed by atoms with E-state index in [1.54, 1.807) is 13.8 Å². The van der Waals surface area contributed by atoms with Gasteiger partial charge in [-0.3, -0.25) is 0 Å². The Morgan fingerprint density at radius 2 is 1.65 bits per heavy atom. The van der Waals surface area contributed by atoms with Crippen LogP contribution in [-0.2, 0) is 19.1 Å². The zero-order valence-corrected chi connectivity index (χ0v) is 16.2. The van der Waals surface area contributed by atoms with Crippen molar-refractivity contribution in [2.24, 2.45) is 29.1 Å². The highest BCUT2D eigenvalue weighted by atomic mass is 79.9. The summed E-state index contributed by atoms with van der Waals surface area (Å²) in [6.45, 7) is 10.7. The van der Waals surface area contributed by atoms with Crippen LogP contribution in [-0.4, -0.2) is 30.0 Å². The van der Waals surface area contributed by atoms with Gasteiger partial charge in [-0.2, -0.15) is 0 Å². The summed E-state index contributed by atoms with van der Waals surface area (Å²) in [6, 6.07) is 0. The van der Waals surface area contributed by atoms with Gasteiger partial charge in [0.1, 0.15) is 5.57 Å². The zero-order valence-electron chi connectivity index (χ0n) is 14.6. The van der Waals surface area contributed by atoms with Gasteiger partial charge in [0.25, 0.3) is 0 Å². The molecule has 5 heteroatoms. The fourth-order valence-electron chi connectivity index (χ4n) is 4.26. The molecule has 4 nitrogen and oxygen atoms in total. The van der Waals surface area contributed by atoms with Gasteiger partial charge < -0.3 is 9.47 Å². The molecule has 0 aromatic carbocycles. The Labute approximate surface area is 147 Å². The van der Waals surface area contributed by atoms with Crippen LogP contribution in [0.5, 0.6) is 0 Å². The van der Waals surface area contributed by atoms with Crippen molar-refractivity contribution in [3.05, 3.63) is 11.6 Å². The van der Waals surface area contributed by atoms with E-state index in [0.29, 0.717) is 22.6 Å². The van der Waals surface area contributed by atoms with E-state index < -0.39 is 11.9 Å². The SMILES string of the molecule is CCOC(=O)C(=CC1C(C)CC(Br)C2C1C2(C)C)C(=O)OCC. The summed E-state index contributed by atoms with van der Waals surface area (Å²) in [5.74, 6) is 0.525. The lowest BCUT2D eigenvalue weighted by Gasteiger charge is -2.29. The summed E-state index contributed by atoms with van der Waals surface area (Å²) in [7, 11) is 0. The maximum atomic E-state index is 12.2. The molecule has 0 heterocycles. The lowest BCUT2D eigenvalue weighted by atomic mass is 9.79. The Hall–Kier alpha value is -0.840. The molecule has 5 atom stereocenters. The highest BCUT2D eigenvalue weighted by Gasteiger charge is 2.65. The van der Waals surface area contributed by atoms with Crippen molar-refractivity contribution in [3.63, 3.8) is 0 Å². The van der Waals surface area contributed by atoms with Crippen molar-refractivity contribution in [2.75, 3.05) is 13.2 Å². The number of fused-ring (bicyclic) bond motifs is 1. The summed E-state index contributed by atoms with van der Waals surface area (Å²) >= 11 is 3.81. The van der Waals surface area contributed by atoms with E-state index in [0.717, 1.165) is 6.42 Å². The van der Waals surface area contributed by atoms with Crippen LogP contribution < -0.4 is 0 Å². The lowest BCUT2D eigenvalue weighted by molar-refractivity contribution is -0.146. The number of hydrogen-bond donors (Lipinski definition) is 0. The van der Waals surface area contributed by atoms with Crippen LogP contribution in [0.15, 0.2) is 11.6 Å². The molecular weight excluding hydrogens is 360 g/mol. The van der Waals surface area contributed by atoms with Gasteiger partial charge in [-0.25, -0.2) is 9.59 Å². The van der Waals surface area contributed by atoms with Gasteiger partial charge in [0.2, 0.25) is 0 Å². The van der Waals surface area contributed by atoms with Crippen LogP contribution >= 0.6 is 15.9 Å². The van der Waals surface area contributed by atoms with Crippen molar-refractivity contribution in [1.82, 2.24) is 0 Å². The molecule has 0 amide bonds. The number of alkyl halides is 1. The predicted octanol–water partition coefficient (Wildman–Crippen LogP) is 3.73. The summed E-state index contributed by atoms with van der Waals surface area (Å²) in [6.07, 6.45) is 2.87. The molecule has 23 heavy (non-hydrogen) atoms. The number of allylic oxidation sites excluding steroid dienone is 1. The molecule has 0 aromatic rings. The monoisotopic (exact) mass is 386 g/mol. The van der Waals surface area contributed by atoms with Gasteiger partial charge in [0, 0.05) is 4.83 Å². The van der Waals surface area contributed by atoms with Crippen molar-refractivity contribution in [3.8, 4) is 0 Å². The molecule has 0 radical (unpaired) electrons. The first-order valence-corrected chi connectivity index (χ1v) is 9.37. The van der Waals surface area contributed by atoms with Crippen molar-refractivity contribution >= 4 is 27.9 Å². The number of esters is 2. The molecule has 0 aliphatic heterocycles. The molecule has 0 aromatic heterocycles. The summed E-state index contributed by atoms with van der Waals surface area (Å²) in [5, 5.41) is 0. The Balaban J connectivity index is 2.30. The largest absolute Gasteiger partial charge is 0.462 e. The number of ether oxygens (including phenoxy) is 2. The van der Waals surface area contributed by atoms with Gasteiger partial charge in [-0.1, -0.05) is 42.8 Å². The molecule has 2 aliphatic carbocycles. The number of halogens is 1. The fourth-order valence-corrected chi connectivity index (χ4v) is 5.85. The molecule has 2 fully saturated rings. The van der Waals surface area contributed by atoms with Gasteiger partial charge >= 0.3 is 11.9 Å². The minimum atomic E-state index is -0.575. The van der Waals surface area contributed by atoms with Crippen LogP contribution in [0.25, 0.3) is 0 Å². The topological polar surface area (TPSA) is 52.6 Å². The molecule has 0 spiro atoms. The highest BCUT2D eigenvalue weighted by Crippen LogP contribution is 2.69. The Kier molecular flexibility index (Phi) is 5.59. The summed E-state index contributed by atoms with van der Waals surface area (Å²) in [5.41, 5.74) is 0.286. The number of carbonyl (C=O) groups is 2. The van der Waals surface area contributed by atoms with Crippen molar-refractivity contribution in [1.29, 1.82) is 0 Å². The molecule has 0 N–H and O–H groups in total. The van der Waals surface area contributed by atoms with Crippen LogP contribution in [0, 0.1) is 29.1 Å². The minimum absolute atomic E-state index is 0.0556. The van der Waals surface area contributed by atoms with Gasteiger partial charge in [-0.15, -0.1) is 0 Å². The number of hydrogen-bond acceptors (Lipinski definition) is 4. The molecule has 2 aliphatic rings. The highest BCUT2D eigenvalue weighted by molar-refractivity contribution is 9.09. The second-order valence-corrected chi connectivity index (χ2v) is 8.38. The average Bonchev–Trinajstić information content (AvgIpc) is 3.02. The maximum absolute atomic E-state index is 12.2. The molecule has 0 bridgehead atoms. The van der Waals surface area contributed by atoms with Gasteiger partial charge in [0.05, 0.1) is 13.2 Å². The Bertz CT molecular complexity index is 491. The van der Waals surface area contributed by atoms with Gasteiger partial charge in [-0.05, 0) is 49.4 Å². The van der Waals surface area contributed by atoms with E-state index in [1.807, 2.05) is 6.08 Å². The second kappa shape index (κ2) is 6.96. The molecule has 5 unspecified atom stereocenters. The summed E-state index contributed by atoms with van der Waals surface area (Å²) < 4.78 is 10.1. The number of rotatable bonds is 5. The van der Waals surface area contributed by atoms with Crippen molar-refractivity contribution in [2.45, 2.75) is 45.9 Å². The van der Waals surface area contributed by atoms with Crippen molar-refractivity contribution < 1.29 is 19.1 Å². The standard InChI is InChI=1S/C18H27BrO4/c1-6-22-16(20)12(17(21)23-7-2)9-11-10(3)8-13(19)15-14(11)18(15,4)5/h9-11,13-15H,6-8H2,1-5H3. The predicted molar refractivity (Wildman–Crippen MR) is 92.1 cm³/mol. The zero-order chi connectivity index (χ0) is 17.4. The second-order valence-electron chi connectivity index (χ2n) is 7.20. The van der Waals surface area contributed by atoms with Crippen LogP contribution in [0.2, 0.25) is 0 Å². The summed E-state index contributed by atoms with van der Waals surface area (Å²) in [4.78, 5) is 24.9. The van der Waals surface area contributed by atoms with E-state index in [-0.39, 0.29) is 30.1 Å². The Morgan fingerprint density at radius 3 is 2.13 bits per heavy atom. The van der Waals surface area contributed by atoms with Crippen LogP contribution in [0.1, 0.15) is 41.0 Å². The van der Waals surface area contributed by atoms with E-state index in [9.17, 15) is 9.59 Å². The van der Waals surface area contributed by atoms with Gasteiger partial charge in [0.15, 0.2) is 0 Å². The Morgan fingerprint density at radius 1 is 1.13 bits per heavy atom. The molecule has 2 rings (SSSR count). The third kappa shape index (κ3) is 3.49. The van der Waals surface area contributed by atoms with Crippen LogP contribution in [0.4, 0.5) is 0 Å². The lowest BCUT2D eigenvalue weighted by Crippen LogP contribution is -2.27. The quantitative estimate of drug-likeness (QED) is 0.237. The normalized spacial score (nSPS) is 34.1. The molecule has 130 valence electrons. The molecule has 0 saturated heterocycles. The smallest absolute Gasteiger partial charge is 0.345 e. The first-order chi connectivity index (χ1) is 10.8. The van der Waals surface area contributed by atoms with E-state index >= 15 is 0 Å². The average molecular weight is 387 g/mol. The van der Waals surface area contributed by atoms with Crippen LogP contribution in [0.3, 0.4) is 0 Å². The minimum Gasteiger partial charge on any atom is -0.462 e. The third-order valence-electron chi connectivity index (χ3n) is 5.40. The molecule has 2 saturated carbocycles. The van der Waals surface area contributed by atoms with E-state index in [4.69, 9.17) is 9.47 Å². The first kappa shape index (κ1) is 18.5.